The van der Waals surface area contributed by atoms with E-state index in [-0.39, 0.29) is 11.9 Å². The topological polar surface area (TPSA) is 81.2 Å². The van der Waals surface area contributed by atoms with Gasteiger partial charge in [0.05, 0.1) is 12.0 Å². The fourth-order valence-electron chi connectivity index (χ4n) is 1.96. The van der Waals surface area contributed by atoms with Crippen LogP contribution >= 0.6 is 11.3 Å². The van der Waals surface area contributed by atoms with Crippen molar-refractivity contribution < 1.29 is 13.6 Å². The molecule has 0 spiro atoms. The number of carbonyl (C=O) groups excluding carboxylic acids is 1. The lowest BCUT2D eigenvalue weighted by Crippen LogP contribution is -2.13. The maximum Gasteiger partial charge on any atom is 0.322 e. The van der Waals surface area contributed by atoms with E-state index in [0.29, 0.717) is 18.1 Å². The van der Waals surface area contributed by atoms with Gasteiger partial charge in [0.1, 0.15) is 11.5 Å². The van der Waals surface area contributed by atoms with E-state index in [9.17, 15) is 4.79 Å². The van der Waals surface area contributed by atoms with Gasteiger partial charge in [-0.05, 0) is 31.4 Å². The Morgan fingerprint density at radius 3 is 2.86 bits per heavy atom. The van der Waals surface area contributed by atoms with Crippen LogP contribution in [0.25, 0.3) is 11.5 Å². The maximum absolute atomic E-state index is 11.8. The summed E-state index contributed by atoms with van der Waals surface area (Å²) >= 11 is 1.53. The minimum Gasteiger partial charge on any atom is -0.466 e. The van der Waals surface area contributed by atoms with Crippen LogP contribution in [0.3, 0.4) is 0 Å². The quantitative estimate of drug-likeness (QED) is 0.800. The van der Waals surface area contributed by atoms with Crippen LogP contribution in [0.1, 0.15) is 16.4 Å². The molecule has 0 saturated carbocycles. The first kappa shape index (κ1) is 13.6. The molecule has 0 aliphatic heterocycles. The van der Waals surface area contributed by atoms with Crippen LogP contribution in [0, 0.1) is 13.8 Å². The van der Waals surface area contributed by atoms with Gasteiger partial charge in [-0.15, -0.1) is 16.4 Å². The van der Waals surface area contributed by atoms with E-state index in [1.54, 1.807) is 0 Å². The Kier molecular flexibility index (Phi) is 3.57. The zero-order valence-corrected chi connectivity index (χ0v) is 12.4. The molecule has 0 fully saturated rings. The van der Waals surface area contributed by atoms with Gasteiger partial charge in [0, 0.05) is 4.88 Å². The summed E-state index contributed by atoms with van der Waals surface area (Å²) < 4.78 is 10.9. The second-order valence-corrected chi connectivity index (χ2v) is 5.58. The number of rotatable bonds is 4. The maximum atomic E-state index is 11.8. The molecule has 7 heteroatoms. The molecule has 0 bridgehead atoms. The van der Waals surface area contributed by atoms with Gasteiger partial charge in [-0.25, -0.2) is 0 Å². The zero-order chi connectivity index (χ0) is 14.8. The summed E-state index contributed by atoms with van der Waals surface area (Å²) in [7, 11) is 0. The number of furan rings is 1. The summed E-state index contributed by atoms with van der Waals surface area (Å²) in [5.74, 6) is 1.61. The van der Waals surface area contributed by atoms with Crippen molar-refractivity contribution in [2.75, 3.05) is 5.32 Å². The molecule has 0 saturated heterocycles. The molecule has 0 aromatic carbocycles. The summed E-state index contributed by atoms with van der Waals surface area (Å²) in [4.78, 5) is 12.8. The molecule has 3 aromatic heterocycles. The standard InChI is InChI=1S/C14H13N3O3S/c1-8-6-11(9(2)19-8)13-16-17-14(20-13)15-12(18)7-10-4-3-5-21-10/h3-6H,7H2,1-2H3,(H,15,17,18). The number of hydrogen-bond donors (Lipinski definition) is 1. The van der Waals surface area contributed by atoms with Crippen molar-refractivity contribution in [1.29, 1.82) is 0 Å². The second kappa shape index (κ2) is 5.53. The minimum absolute atomic E-state index is 0.0878. The highest BCUT2D eigenvalue weighted by Gasteiger charge is 2.16. The van der Waals surface area contributed by atoms with E-state index >= 15 is 0 Å². The molecule has 6 nitrogen and oxygen atoms in total. The average molecular weight is 303 g/mol. The smallest absolute Gasteiger partial charge is 0.322 e. The molecule has 3 aromatic rings. The van der Waals surface area contributed by atoms with Crippen LogP contribution in [-0.4, -0.2) is 16.1 Å². The molecular weight excluding hydrogens is 290 g/mol. The van der Waals surface area contributed by atoms with Gasteiger partial charge < -0.3 is 8.83 Å². The Hall–Kier alpha value is -2.41. The molecule has 3 heterocycles. The highest BCUT2D eigenvalue weighted by molar-refractivity contribution is 7.10. The SMILES string of the molecule is Cc1cc(-c2nnc(NC(=O)Cc3cccs3)o2)c(C)o1. The lowest BCUT2D eigenvalue weighted by atomic mass is 10.2. The number of amides is 1. The number of nitrogens with zero attached hydrogens (tertiary/aromatic N) is 2. The molecule has 1 amide bonds. The molecule has 0 atom stereocenters. The first-order valence-corrected chi connectivity index (χ1v) is 7.23. The number of nitrogens with one attached hydrogen (secondary N) is 1. The predicted octanol–water partition coefficient (Wildman–Crippen LogP) is 3.19. The van der Waals surface area contributed by atoms with E-state index in [1.807, 2.05) is 37.4 Å². The largest absolute Gasteiger partial charge is 0.466 e. The summed E-state index contributed by atoms with van der Waals surface area (Å²) in [6.45, 7) is 3.66. The Morgan fingerprint density at radius 2 is 2.19 bits per heavy atom. The first-order valence-electron chi connectivity index (χ1n) is 6.35. The number of anilines is 1. The Morgan fingerprint density at radius 1 is 1.33 bits per heavy atom. The molecule has 3 rings (SSSR count). The third-order valence-corrected chi connectivity index (χ3v) is 3.73. The Labute approximate surface area is 124 Å². The third-order valence-electron chi connectivity index (χ3n) is 2.86. The normalized spacial score (nSPS) is 10.8. The summed E-state index contributed by atoms with van der Waals surface area (Å²) in [6, 6.07) is 5.72. The summed E-state index contributed by atoms with van der Waals surface area (Å²) in [5.41, 5.74) is 0.735. The van der Waals surface area contributed by atoms with Crippen LogP contribution < -0.4 is 5.32 Å². The lowest BCUT2D eigenvalue weighted by molar-refractivity contribution is -0.115. The van der Waals surface area contributed by atoms with Gasteiger partial charge in [-0.2, -0.15) is 0 Å². The van der Waals surface area contributed by atoms with Gasteiger partial charge in [0.25, 0.3) is 5.89 Å². The first-order chi connectivity index (χ1) is 10.1. The van der Waals surface area contributed by atoms with E-state index < -0.39 is 0 Å². The van der Waals surface area contributed by atoms with Gasteiger partial charge in [-0.1, -0.05) is 11.2 Å². The summed E-state index contributed by atoms with van der Waals surface area (Å²) in [6.07, 6.45) is 0.291. The van der Waals surface area contributed by atoms with E-state index in [2.05, 4.69) is 15.5 Å². The van der Waals surface area contributed by atoms with Gasteiger partial charge in [0.15, 0.2) is 0 Å². The van der Waals surface area contributed by atoms with Crippen molar-refractivity contribution in [3.63, 3.8) is 0 Å². The number of aromatic nitrogens is 2. The van der Waals surface area contributed by atoms with Crippen LogP contribution in [0.4, 0.5) is 6.01 Å². The molecule has 0 unspecified atom stereocenters. The highest BCUT2D eigenvalue weighted by Crippen LogP contribution is 2.26. The minimum atomic E-state index is -0.187. The van der Waals surface area contributed by atoms with Crippen LogP contribution in [0.2, 0.25) is 0 Å². The van der Waals surface area contributed by atoms with E-state index in [1.165, 1.54) is 11.3 Å². The van der Waals surface area contributed by atoms with Crippen molar-refractivity contribution in [3.05, 3.63) is 40.0 Å². The Balaban J connectivity index is 1.70. The van der Waals surface area contributed by atoms with Crippen LogP contribution in [0.5, 0.6) is 0 Å². The van der Waals surface area contributed by atoms with Crippen LogP contribution in [-0.2, 0) is 11.2 Å². The van der Waals surface area contributed by atoms with Crippen molar-refractivity contribution in [3.8, 4) is 11.5 Å². The summed E-state index contributed by atoms with van der Waals surface area (Å²) in [5, 5.41) is 12.3. The molecular formula is C14H13N3O3S. The molecule has 0 aliphatic rings. The average Bonchev–Trinajstić information content (AvgIpc) is 3.12. The predicted molar refractivity (Wildman–Crippen MR) is 78.1 cm³/mol. The number of hydrogen-bond acceptors (Lipinski definition) is 6. The molecule has 0 radical (unpaired) electrons. The van der Waals surface area contributed by atoms with Gasteiger partial charge in [-0.3, -0.25) is 10.1 Å². The van der Waals surface area contributed by atoms with E-state index in [0.717, 1.165) is 16.2 Å². The monoisotopic (exact) mass is 303 g/mol. The van der Waals surface area contributed by atoms with Crippen molar-refractivity contribution >= 4 is 23.3 Å². The molecule has 0 aliphatic carbocycles. The fourth-order valence-corrected chi connectivity index (χ4v) is 2.66. The highest BCUT2D eigenvalue weighted by atomic mass is 32.1. The number of aryl methyl sites for hydroxylation is 2. The third kappa shape index (κ3) is 3.03. The second-order valence-electron chi connectivity index (χ2n) is 4.54. The van der Waals surface area contributed by atoms with Gasteiger partial charge >= 0.3 is 6.01 Å². The van der Waals surface area contributed by atoms with Crippen molar-refractivity contribution in [1.82, 2.24) is 10.2 Å². The molecule has 1 N–H and O–H groups in total. The van der Waals surface area contributed by atoms with Gasteiger partial charge in [0.2, 0.25) is 5.91 Å². The Bertz CT molecular complexity index is 758. The molecule has 21 heavy (non-hydrogen) atoms. The number of carbonyl (C=O) groups is 1. The van der Waals surface area contributed by atoms with Crippen molar-refractivity contribution in [2.45, 2.75) is 20.3 Å². The number of thiophene rings is 1. The fraction of sp³-hybridized carbons (Fsp3) is 0.214. The zero-order valence-electron chi connectivity index (χ0n) is 11.5. The molecule has 108 valence electrons. The van der Waals surface area contributed by atoms with E-state index in [4.69, 9.17) is 8.83 Å². The van der Waals surface area contributed by atoms with Crippen molar-refractivity contribution in [2.24, 2.45) is 0 Å². The lowest BCUT2D eigenvalue weighted by Gasteiger charge is -1.97. The van der Waals surface area contributed by atoms with Crippen LogP contribution in [0.15, 0.2) is 32.4 Å².